The van der Waals surface area contributed by atoms with Gasteiger partial charge in [0.05, 0.1) is 6.54 Å². The SMILES string of the molecule is CC[C@@H](C)[C@@H]1NC(=O)[C@@H](CCC(=O)O)N(C)C(=O)[C@H](C(C)C)N(C)C(=O)CNC(=O)[C@@H]2CCCN2C(=O)[C@H](Cc2ccccc2)NC(=O)[C@H]([C@H](C)CC)OC(=O)[C@H](CCC(=O)O)N(C)C(=O)[C@H](C(C)C)NC(=O)[C@@H]2CCCCN2C1=O. The Labute approximate surface area is 475 Å². The number of esters is 1. The Morgan fingerprint density at radius 2 is 1.14 bits per heavy atom. The largest absolute Gasteiger partial charge is 0.481 e. The molecule has 9 amide bonds. The highest BCUT2D eigenvalue weighted by Crippen LogP contribution is 2.26. The van der Waals surface area contributed by atoms with Gasteiger partial charge in [-0.25, -0.2) is 4.79 Å². The number of nitrogens with zero attached hydrogens (tertiary/aromatic N) is 5. The molecule has 81 heavy (non-hydrogen) atoms. The number of hydrogen-bond acceptors (Lipinski definition) is 13. The van der Waals surface area contributed by atoms with Gasteiger partial charge in [0.15, 0.2) is 6.10 Å². The van der Waals surface area contributed by atoms with Crippen LogP contribution in [0.5, 0.6) is 0 Å². The van der Waals surface area contributed by atoms with E-state index in [1.165, 1.54) is 30.9 Å². The summed E-state index contributed by atoms with van der Waals surface area (Å²) < 4.78 is 5.97. The van der Waals surface area contributed by atoms with Crippen LogP contribution >= 0.6 is 0 Å². The van der Waals surface area contributed by atoms with Gasteiger partial charge in [-0.1, -0.05) is 92.1 Å². The average Bonchev–Trinajstić information content (AvgIpc) is 3.93. The van der Waals surface area contributed by atoms with Gasteiger partial charge < -0.3 is 60.7 Å². The van der Waals surface area contributed by atoms with Crippen LogP contribution in [-0.4, -0.2) is 201 Å². The van der Waals surface area contributed by atoms with Crippen LogP contribution in [0.25, 0.3) is 0 Å². The lowest BCUT2D eigenvalue weighted by Crippen LogP contribution is -2.63. The van der Waals surface area contributed by atoms with Crippen molar-refractivity contribution in [2.45, 2.75) is 187 Å². The maximum Gasteiger partial charge on any atom is 0.329 e. The molecular formula is C57H87N9O15. The third-order valence-corrected chi connectivity index (χ3v) is 16.1. The second kappa shape index (κ2) is 30.6. The number of piperidine rings is 1. The van der Waals surface area contributed by atoms with Crippen molar-refractivity contribution in [3.8, 4) is 0 Å². The van der Waals surface area contributed by atoms with Gasteiger partial charge in [-0.05, 0) is 74.7 Å². The van der Waals surface area contributed by atoms with E-state index in [-0.39, 0.29) is 38.8 Å². The van der Waals surface area contributed by atoms with Crippen molar-refractivity contribution < 1.29 is 72.5 Å². The van der Waals surface area contributed by atoms with Gasteiger partial charge in [0, 0.05) is 59.4 Å². The number of carbonyl (C=O) groups is 12. The molecule has 3 heterocycles. The zero-order chi connectivity index (χ0) is 60.6. The number of fused-ring (bicyclic) bond motifs is 2. The number of amides is 9. The number of aliphatic carboxylic acids is 2. The molecule has 3 saturated heterocycles. The fourth-order valence-corrected chi connectivity index (χ4v) is 10.7. The maximum atomic E-state index is 14.9. The number of carbonyl (C=O) groups excluding carboxylic acids is 10. The van der Waals surface area contributed by atoms with Crippen LogP contribution in [-0.2, 0) is 68.7 Å². The number of benzene rings is 1. The first-order valence-electron chi connectivity index (χ1n) is 28.4. The Hall–Kier alpha value is -7.14. The molecule has 3 aliphatic heterocycles. The minimum Gasteiger partial charge on any atom is -0.481 e. The van der Waals surface area contributed by atoms with Crippen LogP contribution in [0.2, 0.25) is 0 Å². The predicted octanol–water partition coefficient (Wildman–Crippen LogP) is 1.71. The van der Waals surface area contributed by atoms with E-state index in [9.17, 15) is 67.7 Å². The first-order chi connectivity index (χ1) is 38.2. The Kier molecular flexibility index (Phi) is 25.1. The molecule has 0 aromatic heterocycles. The smallest absolute Gasteiger partial charge is 0.329 e. The molecule has 6 N–H and O–H groups in total. The van der Waals surface area contributed by atoms with E-state index in [0.29, 0.717) is 31.2 Å². The highest BCUT2D eigenvalue weighted by atomic mass is 16.6. The Morgan fingerprint density at radius 3 is 1.72 bits per heavy atom. The number of carboxylic acids is 2. The molecule has 1 aromatic carbocycles. The molecule has 0 saturated carbocycles. The van der Waals surface area contributed by atoms with E-state index in [1.807, 2.05) is 0 Å². The summed E-state index contributed by atoms with van der Waals surface area (Å²) in [4.78, 5) is 175. The number of cyclic esters (lactones) is 1. The van der Waals surface area contributed by atoms with Crippen LogP contribution in [0.3, 0.4) is 0 Å². The van der Waals surface area contributed by atoms with Gasteiger partial charge in [-0.2, -0.15) is 0 Å². The lowest BCUT2D eigenvalue weighted by Gasteiger charge is -2.40. The third-order valence-electron chi connectivity index (χ3n) is 16.1. The lowest BCUT2D eigenvalue weighted by molar-refractivity contribution is -0.167. The maximum absolute atomic E-state index is 14.9. The fraction of sp³-hybridized carbons (Fsp3) is 0.684. The molecule has 450 valence electrons. The van der Waals surface area contributed by atoms with E-state index in [0.717, 1.165) is 14.7 Å². The summed E-state index contributed by atoms with van der Waals surface area (Å²) in [6, 6.07) is -1.87. The summed E-state index contributed by atoms with van der Waals surface area (Å²) in [5, 5.41) is 30.6. The summed E-state index contributed by atoms with van der Waals surface area (Å²) in [6.07, 6.45) is -1.36. The van der Waals surface area contributed by atoms with Gasteiger partial charge >= 0.3 is 17.9 Å². The fourth-order valence-electron chi connectivity index (χ4n) is 10.7. The molecule has 24 heteroatoms. The summed E-state index contributed by atoms with van der Waals surface area (Å²) in [6.45, 7) is 13.0. The number of nitrogens with one attached hydrogen (secondary N) is 4. The molecule has 11 atom stereocenters. The molecule has 4 rings (SSSR count). The van der Waals surface area contributed by atoms with E-state index < -0.39 is 181 Å². The van der Waals surface area contributed by atoms with Crippen LogP contribution in [0.4, 0.5) is 0 Å². The topological polar surface area (TPSA) is 319 Å². The highest BCUT2D eigenvalue weighted by Gasteiger charge is 2.45. The van der Waals surface area contributed by atoms with Crippen LogP contribution in [0, 0.1) is 23.7 Å². The third kappa shape index (κ3) is 17.4. The Balaban J connectivity index is 1.87. The minimum absolute atomic E-state index is 0.0649. The summed E-state index contributed by atoms with van der Waals surface area (Å²) in [7, 11) is 3.89. The number of likely N-dealkylation sites (N-methyl/N-ethyl adjacent to an activating group) is 3. The first kappa shape index (κ1) is 66.4. The molecular weight excluding hydrogens is 1050 g/mol. The van der Waals surface area contributed by atoms with Gasteiger partial charge in [-0.15, -0.1) is 0 Å². The van der Waals surface area contributed by atoms with Crippen molar-refractivity contribution in [1.82, 2.24) is 45.8 Å². The van der Waals surface area contributed by atoms with Gasteiger partial charge in [0.1, 0.15) is 48.3 Å². The van der Waals surface area contributed by atoms with Crippen molar-refractivity contribution >= 4 is 71.1 Å². The number of rotatable bonds is 14. The molecule has 0 spiro atoms. The monoisotopic (exact) mass is 1140 g/mol. The minimum atomic E-state index is -1.61. The summed E-state index contributed by atoms with van der Waals surface area (Å²) in [5.41, 5.74) is 0.631. The molecule has 1 aromatic rings. The van der Waals surface area contributed by atoms with E-state index in [2.05, 4.69) is 21.3 Å². The molecule has 0 aliphatic carbocycles. The van der Waals surface area contributed by atoms with Gasteiger partial charge in [0.2, 0.25) is 47.3 Å². The first-order valence-corrected chi connectivity index (χ1v) is 28.4. The van der Waals surface area contributed by atoms with Crippen LogP contribution in [0.1, 0.15) is 132 Å². The molecule has 3 fully saturated rings. The van der Waals surface area contributed by atoms with Crippen molar-refractivity contribution in [2.75, 3.05) is 40.8 Å². The zero-order valence-electron chi connectivity index (χ0n) is 48.9. The Morgan fingerprint density at radius 1 is 0.593 bits per heavy atom. The van der Waals surface area contributed by atoms with E-state index in [1.54, 1.807) is 85.7 Å². The van der Waals surface area contributed by atoms with Crippen molar-refractivity contribution in [1.29, 1.82) is 0 Å². The molecule has 3 aliphatic rings. The van der Waals surface area contributed by atoms with Crippen molar-refractivity contribution in [3.63, 3.8) is 0 Å². The van der Waals surface area contributed by atoms with Gasteiger partial charge in [0.25, 0.3) is 5.91 Å². The van der Waals surface area contributed by atoms with Gasteiger partial charge in [-0.3, -0.25) is 52.7 Å². The normalized spacial score (nSPS) is 27.0. The second-order valence-electron chi connectivity index (χ2n) is 22.5. The molecule has 0 radical (unpaired) electrons. The van der Waals surface area contributed by atoms with Crippen LogP contribution < -0.4 is 21.3 Å². The zero-order valence-corrected chi connectivity index (χ0v) is 48.9. The quantitative estimate of drug-likeness (QED) is 0.145. The predicted molar refractivity (Wildman–Crippen MR) is 295 cm³/mol. The van der Waals surface area contributed by atoms with E-state index in [4.69, 9.17) is 4.74 Å². The number of carboxylic acid groups (broad SMARTS) is 2. The molecule has 0 unspecified atom stereocenters. The summed E-state index contributed by atoms with van der Waals surface area (Å²) in [5.74, 6) is -12.9. The number of ether oxygens (including phenoxy) is 1. The van der Waals surface area contributed by atoms with Crippen molar-refractivity contribution in [3.05, 3.63) is 35.9 Å². The molecule has 0 bridgehead atoms. The second-order valence-corrected chi connectivity index (χ2v) is 22.5. The average molecular weight is 1140 g/mol. The lowest BCUT2D eigenvalue weighted by atomic mass is 9.93. The van der Waals surface area contributed by atoms with Crippen molar-refractivity contribution in [2.24, 2.45) is 23.7 Å². The number of hydrogen-bond donors (Lipinski definition) is 6. The van der Waals surface area contributed by atoms with Crippen LogP contribution in [0.15, 0.2) is 30.3 Å². The van der Waals surface area contributed by atoms with E-state index >= 15 is 0 Å². The standard InChI is InChI=1S/C57H87N9O15/c1-12-34(7)46-55(78)66-28-18-17-22-40(66)51(74)60-45(32(3)4)54(77)63(10)41(25-27-44(70)71)57(80)81-48(35(8)13-2)52(75)59-37(30-36-20-15-14-16-21-36)53(76)65-29-19-23-39(65)49(72)58-31-42(67)64(11)47(33(5)6)56(79)62(9)38(50(73)61-46)24-26-43(68)69/h14-16,20-21,32-35,37-41,45-48H,12-13,17-19,22-31H2,1-11H3,(H,58,72)(H,59,75)(H,60,74)(H,61,73)(H,68,69)(H,70,71)/t34-,35-,37+,38-,39+,40+,41+,45+,46+,47+,48+/m1/s1. The summed E-state index contributed by atoms with van der Waals surface area (Å²) >= 11 is 0. The Bertz CT molecular complexity index is 2440. The highest BCUT2D eigenvalue weighted by molar-refractivity contribution is 5.99. The molecule has 24 nitrogen and oxygen atoms in total.